The van der Waals surface area contributed by atoms with Crippen LogP contribution in [0.5, 0.6) is 17.2 Å². The monoisotopic (exact) mass is 536 g/mol. The Morgan fingerprint density at radius 3 is 2.13 bits per heavy atom. The lowest BCUT2D eigenvalue weighted by Gasteiger charge is -2.15. The minimum Gasteiger partial charge on any atom is -0.493 e. The van der Waals surface area contributed by atoms with Crippen LogP contribution < -0.4 is 24.8 Å². The third kappa shape index (κ3) is 7.53. The van der Waals surface area contributed by atoms with Gasteiger partial charge in [0.1, 0.15) is 5.70 Å². The van der Waals surface area contributed by atoms with E-state index in [1.54, 1.807) is 60.7 Å². The molecule has 3 rings (SSSR count). The molecule has 38 heavy (non-hydrogen) atoms. The van der Waals surface area contributed by atoms with Gasteiger partial charge in [0, 0.05) is 16.1 Å². The number of benzene rings is 3. The van der Waals surface area contributed by atoms with Crippen LogP contribution >= 0.6 is 11.8 Å². The Labute approximate surface area is 225 Å². The maximum Gasteiger partial charge on any atom is 0.315 e. The lowest BCUT2D eigenvalue weighted by Crippen LogP contribution is -2.30. The van der Waals surface area contributed by atoms with Crippen LogP contribution in [0.25, 0.3) is 6.08 Å². The predicted molar refractivity (Wildman–Crippen MR) is 146 cm³/mol. The quantitative estimate of drug-likeness (QED) is 0.211. The molecule has 0 spiro atoms. The van der Waals surface area contributed by atoms with Crippen LogP contribution in [0.1, 0.15) is 15.9 Å². The zero-order valence-electron chi connectivity index (χ0n) is 21.4. The molecule has 9 nitrogen and oxygen atoms in total. The van der Waals surface area contributed by atoms with Gasteiger partial charge in [-0.15, -0.1) is 11.8 Å². The van der Waals surface area contributed by atoms with Crippen LogP contribution in [0.4, 0.5) is 5.69 Å². The first-order valence-electron chi connectivity index (χ1n) is 11.4. The molecule has 0 heterocycles. The molecule has 0 bridgehead atoms. The number of hydrogen-bond acceptors (Lipinski definition) is 8. The van der Waals surface area contributed by atoms with Gasteiger partial charge < -0.3 is 29.6 Å². The van der Waals surface area contributed by atoms with Crippen LogP contribution in [0.3, 0.4) is 0 Å². The molecule has 0 unspecified atom stereocenters. The van der Waals surface area contributed by atoms with Crippen LogP contribution in [0, 0.1) is 0 Å². The summed E-state index contributed by atoms with van der Waals surface area (Å²) in [5.41, 5.74) is 1.38. The molecule has 10 heteroatoms. The normalized spacial score (nSPS) is 10.8. The van der Waals surface area contributed by atoms with E-state index in [0.717, 1.165) is 4.90 Å². The summed E-state index contributed by atoms with van der Waals surface area (Å²) in [6.07, 6.45) is 1.51. The second kappa shape index (κ2) is 13.8. The molecule has 0 saturated heterocycles. The fourth-order valence-electron chi connectivity index (χ4n) is 3.36. The molecule has 0 fully saturated rings. The van der Waals surface area contributed by atoms with Crippen LogP contribution in [0.2, 0.25) is 0 Å². The molecule has 0 aliphatic rings. The van der Waals surface area contributed by atoms with Gasteiger partial charge in [-0.25, -0.2) is 0 Å². The molecule has 0 aliphatic heterocycles. The van der Waals surface area contributed by atoms with Crippen molar-refractivity contribution in [3.05, 3.63) is 83.6 Å². The molecule has 2 N–H and O–H groups in total. The van der Waals surface area contributed by atoms with Gasteiger partial charge in [0.05, 0.1) is 34.2 Å². The minimum absolute atomic E-state index is 0.0132. The highest BCUT2D eigenvalue weighted by molar-refractivity contribution is 8.00. The smallest absolute Gasteiger partial charge is 0.315 e. The van der Waals surface area contributed by atoms with Crippen molar-refractivity contribution in [2.24, 2.45) is 0 Å². The largest absolute Gasteiger partial charge is 0.493 e. The summed E-state index contributed by atoms with van der Waals surface area (Å²) in [7, 11) is 5.79. The van der Waals surface area contributed by atoms with E-state index in [1.165, 1.54) is 46.3 Å². The first-order valence-corrected chi connectivity index (χ1v) is 12.4. The first kappa shape index (κ1) is 28.1. The maximum atomic E-state index is 13.4. The summed E-state index contributed by atoms with van der Waals surface area (Å²) >= 11 is 1.28. The second-order valence-corrected chi connectivity index (χ2v) is 8.73. The van der Waals surface area contributed by atoms with Crippen molar-refractivity contribution in [2.45, 2.75) is 4.90 Å². The van der Waals surface area contributed by atoms with E-state index in [-0.39, 0.29) is 17.4 Å². The molecule has 0 aliphatic carbocycles. The lowest BCUT2D eigenvalue weighted by molar-refractivity contribution is -0.137. The Morgan fingerprint density at radius 1 is 0.842 bits per heavy atom. The van der Waals surface area contributed by atoms with E-state index >= 15 is 0 Å². The van der Waals surface area contributed by atoms with Gasteiger partial charge >= 0.3 is 5.97 Å². The fraction of sp³-hybridized carbons (Fsp3) is 0.179. The number of thioether (sulfide) groups is 1. The summed E-state index contributed by atoms with van der Waals surface area (Å²) in [5.74, 6) is -0.0608. The zero-order chi connectivity index (χ0) is 27.5. The number of carbonyl (C=O) groups excluding carboxylic acids is 3. The van der Waals surface area contributed by atoms with Gasteiger partial charge in [0.2, 0.25) is 5.75 Å². The van der Waals surface area contributed by atoms with Crippen molar-refractivity contribution < 1.29 is 33.3 Å². The number of methoxy groups -OCH3 is 4. The first-order chi connectivity index (χ1) is 18.4. The van der Waals surface area contributed by atoms with Crippen molar-refractivity contribution in [2.75, 3.05) is 39.5 Å². The molecular formula is C28H28N2O7S. The third-order valence-corrected chi connectivity index (χ3v) is 6.17. The molecule has 198 valence electrons. The van der Waals surface area contributed by atoms with E-state index in [9.17, 15) is 14.4 Å². The highest BCUT2D eigenvalue weighted by Crippen LogP contribution is 2.38. The molecular weight excluding hydrogens is 508 g/mol. The van der Waals surface area contributed by atoms with Gasteiger partial charge in [-0.3, -0.25) is 14.4 Å². The van der Waals surface area contributed by atoms with E-state index < -0.39 is 11.8 Å². The van der Waals surface area contributed by atoms with Gasteiger partial charge in [-0.1, -0.05) is 24.3 Å². The van der Waals surface area contributed by atoms with Gasteiger partial charge in [0.15, 0.2) is 11.5 Å². The fourth-order valence-corrected chi connectivity index (χ4v) is 4.14. The second-order valence-electron chi connectivity index (χ2n) is 7.68. The highest BCUT2D eigenvalue weighted by Gasteiger charge is 2.18. The maximum absolute atomic E-state index is 13.4. The third-order valence-electron chi connectivity index (χ3n) is 5.20. The Bertz CT molecular complexity index is 1300. The summed E-state index contributed by atoms with van der Waals surface area (Å²) in [4.78, 5) is 38.5. The van der Waals surface area contributed by atoms with Gasteiger partial charge in [-0.05, 0) is 54.1 Å². The van der Waals surface area contributed by atoms with Crippen LogP contribution in [-0.2, 0) is 14.3 Å². The number of esters is 1. The number of anilines is 1. The number of amides is 2. The highest BCUT2D eigenvalue weighted by atomic mass is 32.2. The Hall–Kier alpha value is -4.44. The van der Waals surface area contributed by atoms with Crippen molar-refractivity contribution >= 4 is 41.3 Å². The van der Waals surface area contributed by atoms with Crippen molar-refractivity contribution in [3.63, 3.8) is 0 Å². The number of rotatable bonds is 11. The topological polar surface area (TPSA) is 112 Å². The Balaban J connectivity index is 1.94. The minimum atomic E-state index is -0.557. The number of hydrogen-bond donors (Lipinski definition) is 2. The van der Waals surface area contributed by atoms with E-state index in [4.69, 9.17) is 14.2 Å². The summed E-state index contributed by atoms with van der Waals surface area (Å²) in [6, 6.07) is 18.9. The Kier molecular flexibility index (Phi) is 10.2. The standard InChI is InChI=1S/C28H28N2O7S/c1-34-23-14-18(15-24(35-2)26(23)37-4)13-22(30-27(32)19-9-6-5-7-10-19)28(33)29-20-11-8-12-21(16-20)38-17-25(31)36-3/h5-16H,17H2,1-4H3,(H,29,33)(H,30,32)/b22-13+. The molecule has 0 atom stereocenters. The van der Waals surface area contributed by atoms with E-state index in [1.807, 2.05) is 6.07 Å². The predicted octanol–water partition coefficient (Wildman–Crippen LogP) is 4.39. The molecule has 2 amide bonds. The molecule has 0 aromatic heterocycles. The number of ether oxygens (including phenoxy) is 4. The molecule has 0 saturated carbocycles. The summed E-state index contributed by atoms with van der Waals surface area (Å²) in [5, 5.41) is 5.50. The summed E-state index contributed by atoms with van der Waals surface area (Å²) < 4.78 is 20.9. The Morgan fingerprint density at radius 2 is 1.53 bits per heavy atom. The molecule has 0 radical (unpaired) electrons. The number of carbonyl (C=O) groups is 3. The summed E-state index contributed by atoms with van der Waals surface area (Å²) in [6.45, 7) is 0. The molecule has 3 aromatic rings. The van der Waals surface area contributed by atoms with Gasteiger partial charge in [-0.2, -0.15) is 0 Å². The lowest BCUT2D eigenvalue weighted by atomic mass is 10.1. The SMILES string of the molecule is COC(=O)CSc1cccc(NC(=O)/C(=C\c2cc(OC)c(OC)c(OC)c2)NC(=O)c2ccccc2)c1. The van der Waals surface area contributed by atoms with Gasteiger partial charge in [0.25, 0.3) is 11.8 Å². The average Bonchev–Trinajstić information content (AvgIpc) is 2.95. The number of nitrogens with one attached hydrogen (secondary N) is 2. The average molecular weight is 537 g/mol. The zero-order valence-corrected chi connectivity index (χ0v) is 22.2. The molecule has 3 aromatic carbocycles. The van der Waals surface area contributed by atoms with Crippen LogP contribution in [0.15, 0.2) is 77.3 Å². The van der Waals surface area contributed by atoms with Crippen molar-refractivity contribution in [3.8, 4) is 17.2 Å². The van der Waals surface area contributed by atoms with Crippen LogP contribution in [-0.4, -0.2) is 52.0 Å². The van der Waals surface area contributed by atoms with E-state index in [0.29, 0.717) is 34.1 Å². The van der Waals surface area contributed by atoms with Crippen molar-refractivity contribution in [1.29, 1.82) is 0 Å². The van der Waals surface area contributed by atoms with E-state index in [2.05, 4.69) is 15.4 Å². The van der Waals surface area contributed by atoms with Crippen molar-refractivity contribution in [1.82, 2.24) is 5.32 Å².